The van der Waals surface area contributed by atoms with Crippen molar-refractivity contribution < 1.29 is 18.0 Å². The number of benzene rings is 3. The van der Waals surface area contributed by atoms with Crippen LogP contribution in [0.4, 0.5) is 5.69 Å². The summed E-state index contributed by atoms with van der Waals surface area (Å²) in [6, 6.07) is 21.0. The summed E-state index contributed by atoms with van der Waals surface area (Å²) in [6.07, 6.45) is 0. The van der Waals surface area contributed by atoms with Crippen molar-refractivity contribution in [3.05, 3.63) is 95.0 Å². The van der Waals surface area contributed by atoms with Crippen molar-refractivity contribution >= 4 is 39.1 Å². The molecule has 0 aromatic heterocycles. The van der Waals surface area contributed by atoms with Gasteiger partial charge in [0.15, 0.2) is 0 Å². The number of halogens is 1. The summed E-state index contributed by atoms with van der Waals surface area (Å²) in [5, 5.41) is 3.29. The number of nitrogens with zero attached hydrogens (tertiary/aromatic N) is 2. The van der Waals surface area contributed by atoms with Crippen LogP contribution in [0.25, 0.3) is 0 Å². The molecule has 0 radical (unpaired) electrons. The Balaban J connectivity index is 1.99. The monoisotopic (exact) mass is 527 g/mol. The van der Waals surface area contributed by atoms with Crippen LogP contribution in [0.2, 0.25) is 5.02 Å². The highest BCUT2D eigenvalue weighted by Crippen LogP contribution is 2.24. The highest BCUT2D eigenvalue weighted by Gasteiger charge is 2.32. The van der Waals surface area contributed by atoms with E-state index in [-0.39, 0.29) is 17.3 Å². The molecule has 0 aliphatic rings. The van der Waals surface area contributed by atoms with Crippen LogP contribution in [-0.4, -0.2) is 44.3 Å². The van der Waals surface area contributed by atoms with E-state index in [0.29, 0.717) is 17.3 Å². The molecular weight excluding hydrogens is 498 g/mol. The second kappa shape index (κ2) is 12.1. The molecule has 7 nitrogen and oxygen atoms in total. The Morgan fingerprint density at radius 3 is 2.14 bits per heavy atom. The van der Waals surface area contributed by atoms with Crippen LogP contribution in [-0.2, 0) is 26.2 Å². The molecule has 0 aliphatic heterocycles. The fraction of sp³-hybridized carbons (Fsp3) is 0.259. The van der Waals surface area contributed by atoms with Gasteiger partial charge in [-0.1, -0.05) is 59.6 Å². The molecule has 0 saturated carbocycles. The van der Waals surface area contributed by atoms with Crippen molar-refractivity contribution in [2.45, 2.75) is 38.3 Å². The minimum absolute atomic E-state index is 0.0748. The maximum atomic E-state index is 13.7. The fourth-order valence-electron chi connectivity index (χ4n) is 3.65. The van der Waals surface area contributed by atoms with Gasteiger partial charge >= 0.3 is 0 Å². The van der Waals surface area contributed by atoms with Crippen molar-refractivity contribution in [2.75, 3.05) is 17.4 Å². The molecule has 0 spiro atoms. The largest absolute Gasteiger partial charge is 0.355 e. The zero-order chi connectivity index (χ0) is 26.3. The third-order valence-corrected chi connectivity index (χ3v) is 7.76. The number of nitrogens with one attached hydrogen (secondary N) is 1. The number of hydrogen-bond donors (Lipinski definition) is 1. The second-order valence-electron chi connectivity index (χ2n) is 8.38. The first-order valence-corrected chi connectivity index (χ1v) is 13.4. The predicted molar refractivity (Wildman–Crippen MR) is 142 cm³/mol. The van der Waals surface area contributed by atoms with E-state index in [0.717, 1.165) is 15.4 Å². The zero-order valence-electron chi connectivity index (χ0n) is 20.5. The van der Waals surface area contributed by atoms with Gasteiger partial charge in [-0.2, -0.15) is 0 Å². The molecule has 1 atom stereocenters. The van der Waals surface area contributed by atoms with Crippen LogP contribution in [0, 0.1) is 6.92 Å². The summed E-state index contributed by atoms with van der Waals surface area (Å²) >= 11 is 6.00. The number of carbonyl (C=O) groups excluding carboxylic acids is 2. The summed E-state index contributed by atoms with van der Waals surface area (Å²) in [5.74, 6) is -0.837. The molecule has 0 saturated heterocycles. The number of rotatable bonds is 10. The van der Waals surface area contributed by atoms with E-state index in [1.54, 1.807) is 80.6 Å². The quantitative estimate of drug-likeness (QED) is 0.423. The first-order chi connectivity index (χ1) is 17.1. The Hall–Kier alpha value is -3.36. The number of amides is 2. The van der Waals surface area contributed by atoms with Gasteiger partial charge in [0.25, 0.3) is 10.0 Å². The van der Waals surface area contributed by atoms with Crippen LogP contribution in [0.15, 0.2) is 83.8 Å². The highest BCUT2D eigenvalue weighted by molar-refractivity contribution is 7.92. The third-order valence-electron chi connectivity index (χ3n) is 5.72. The van der Waals surface area contributed by atoms with Gasteiger partial charge in [0.05, 0.1) is 10.6 Å². The number of likely N-dealkylation sites (N-methyl/N-ethyl adjacent to an activating group) is 1. The molecule has 0 unspecified atom stereocenters. The number of para-hydroxylation sites is 1. The minimum atomic E-state index is -4.07. The molecule has 3 aromatic carbocycles. The van der Waals surface area contributed by atoms with Crippen LogP contribution in [0.1, 0.15) is 25.0 Å². The minimum Gasteiger partial charge on any atom is -0.355 e. The molecule has 0 aliphatic carbocycles. The van der Waals surface area contributed by atoms with Crippen LogP contribution in [0.5, 0.6) is 0 Å². The number of sulfonamides is 1. The van der Waals surface area contributed by atoms with Gasteiger partial charge in [0.2, 0.25) is 11.8 Å². The lowest BCUT2D eigenvalue weighted by Crippen LogP contribution is -2.51. The topological polar surface area (TPSA) is 86.8 Å². The van der Waals surface area contributed by atoms with Crippen molar-refractivity contribution in [1.82, 2.24) is 10.2 Å². The summed E-state index contributed by atoms with van der Waals surface area (Å²) in [7, 11) is -4.07. The van der Waals surface area contributed by atoms with E-state index in [2.05, 4.69) is 5.32 Å². The van der Waals surface area contributed by atoms with E-state index in [1.807, 2.05) is 6.92 Å². The van der Waals surface area contributed by atoms with E-state index in [9.17, 15) is 18.0 Å². The van der Waals surface area contributed by atoms with Gasteiger partial charge in [0.1, 0.15) is 12.6 Å². The van der Waals surface area contributed by atoms with Crippen molar-refractivity contribution in [3.63, 3.8) is 0 Å². The van der Waals surface area contributed by atoms with E-state index < -0.39 is 28.5 Å². The SMILES string of the molecule is CCNC(=O)[C@H](C)N(Cc1ccc(Cl)cc1)C(=O)CN(c1ccccc1)S(=O)(=O)c1ccc(C)cc1. The molecule has 0 heterocycles. The average molecular weight is 528 g/mol. The Kier molecular flexibility index (Phi) is 9.12. The van der Waals surface area contributed by atoms with Gasteiger partial charge in [-0.3, -0.25) is 13.9 Å². The van der Waals surface area contributed by atoms with Gasteiger partial charge in [-0.05, 0) is 62.7 Å². The molecular formula is C27H30ClN3O4S. The van der Waals surface area contributed by atoms with Gasteiger partial charge in [0, 0.05) is 18.1 Å². The summed E-state index contributed by atoms with van der Waals surface area (Å²) < 4.78 is 28.4. The van der Waals surface area contributed by atoms with Crippen LogP contribution < -0.4 is 9.62 Å². The molecule has 190 valence electrons. The number of anilines is 1. The van der Waals surface area contributed by atoms with E-state index in [1.165, 1.54) is 17.0 Å². The highest BCUT2D eigenvalue weighted by atomic mass is 35.5. The van der Waals surface area contributed by atoms with Gasteiger partial charge in [-0.25, -0.2) is 8.42 Å². The first kappa shape index (κ1) is 27.2. The molecule has 3 aromatic rings. The fourth-order valence-corrected chi connectivity index (χ4v) is 5.19. The van der Waals surface area contributed by atoms with Crippen LogP contribution >= 0.6 is 11.6 Å². The van der Waals surface area contributed by atoms with Gasteiger partial charge in [-0.15, -0.1) is 0 Å². The van der Waals surface area contributed by atoms with E-state index in [4.69, 9.17) is 11.6 Å². The Morgan fingerprint density at radius 1 is 0.944 bits per heavy atom. The predicted octanol–water partition coefficient (Wildman–Crippen LogP) is 4.40. The normalized spacial score (nSPS) is 12.0. The molecule has 0 bridgehead atoms. The Labute approximate surface area is 217 Å². The lowest BCUT2D eigenvalue weighted by molar-refractivity contribution is -0.139. The number of carbonyl (C=O) groups is 2. The molecule has 36 heavy (non-hydrogen) atoms. The molecule has 3 rings (SSSR count). The van der Waals surface area contributed by atoms with Crippen molar-refractivity contribution in [3.8, 4) is 0 Å². The number of aryl methyl sites for hydroxylation is 1. The average Bonchev–Trinajstić information content (AvgIpc) is 2.87. The summed E-state index contributed by atoms with van der Waals surface area (Å²) in [5.41, 5.74) is 2.03. The maximum Gasteiger partial charge on any atom is 0.264 e. The number of hydrogen-bond acceptors (Lipinski definition) is 4. The zero-order valence-corrected chi connectivity index (χ0v) is 22.1. The first-order valence-electron chi connectivity index (χ1n) is 11.6. The molecule has 9 heteroatoms. The summed E-state index contributed by atoms with van der Waals surface area (Å²) in [4.78, 5) is 27.8. The third kappa shape index (κ3) is 6.65. The summed E-state index contributed by atoms with van der Waals surface area (Å²) in [6.45, 7) is 5.33. The van der Waals surface area contributed by atoms with Crippen molar-refractivity contribution in [2.24, 2.45) is 0 Å². The molecule has 1 N–H and O–H groups in total. The lowest BCUT2D eigenvalue weighted by atomic mass is 10.1. The lowest BCUT2D eigenvalue weighted by Gasteiger charge is -2.32. The second-order valence-corrected chi connectivity index (χ2v) is 10.7. The molecule has 0 fully saturated rings. The Morgan fingerprint density at radius 2 is 1.56 bits per heavy atom. The van der Waals surface area contributed by atoms with Crippen LogP contribution in [0.3, 0.4) is 0 Å². The Bertz CT molecular complexity index is 1280. The standard InChI is InChI=1S/C27H30ClN3O4S/c1-4-29-27(33)21(3)30(18-22-12-14-23(28)15-13-22)26(32)19-31(24-8-6-5-7-9-24)36(34,35)25-16-10-20(2)11-17-25/h5-17,21H,4,18-19H2,1-3H3,(H,29,33)/t21-/m0/s1. The van der Waals surface area contributed by atoms with Gasteiger partial charge < -0.3 is 10.2 Å². The van der Waals surface area contributed by atoms with Crippen molar-refractivity contribution in [1.29, 1.82) is 0 Å². The van der Waals surface area contributed by atoms with E-state index >= 15 is 0 Å². The maximum absolute atomic E-state index is 13.7. The molecule has 2 amide bonds. The smallest absolute Gasteiger partial charge is 0.264 e.